The fraction of sp³-hybridized carbons (Fsp3) is 0.258. The molecule has 2 N–H and O–H groups in total. The first kappa shape index (κ1) is 29.5. The number of carboxylic acid groups (broad SMARTS) is 1. The van der Waals surface area contributed by atoms with Gasteiger partial charge in [-0.15, -0.1) is 0 Å². The SMILES string of the molecule is CC1=C(C(=O)O)C(c2cccc(Cl)c2)N(CCCN(C)C(=O)c2ccc(OCCOc3ccccc3)cc2)C(=O)N1. The predicted molar refractivity (Wildman–Crippen MR) is 155 cm³/mol. The van der Waals surface area contributed by atoms with E-state index in [2.05, 4.69) is 5.32 Å². The maximum atomic E-state index is 13.0. The number of nitrogens with one attached hydrogen (secondary N) is 1. The minimum atomic E-state index is -1.12. The van der Waals surface area contributed by atoms with E-state index in [9.17, 15) is 19.5 Å². The molecule has 3 aromatic rings. The van der Waals surface area contributed by atoms with Crippen molar-refractivity contribution in [3.63, 3.8) is 0 Å². The summed E-state index contributed by atoms with van der Waals surface area (Å²) in [5.74, 6) is 0.0952. The summed E-state index contributed by atoms with van der Waals surface area (Å²) in [4.78, 5) is 41.1. The summed E-state index contributed by atoms with van der Waals surface area (Å²) in [5, 5.41) is 13.0. The van der Waals surface area contributed by atoms with Crippen LogP contribution in [0.15, 0.2) is 90.1 Å². The van der Waals surface area contributed by atoms with E-state index in [-0.39, 0.29) is 23.7 Å². The zero-order valence-corrected chi connectivity index (χ0v) is 23.6. The molecule has 0 spiro atoms. The Bertz CT molecular complexity index is 1410. The number of carboxylic acids is 1. The molecule has 0 saturated heterocycles. The summed E-state index contributed by atoms with van der Waals surface area (Å²) < 4.78 is 11.3. The summed E-state index contributed by atoms with van der Waals surface area (Å²) in [6.45, 7) is 2.90. The number of para-hydroxylation sites is 1. The van der Waals surface area contributed by atoms with E-state index in [0.717, 1.165) is 5.75 Å². The molecule has 1 aliphatic rings. The van der Waals surface area contributed by atoms with E-state index in [0.29, 0.717) is 48.1 Å². The zero-order chi connectivity index (χ0) is 29.4. The number of ether oxygens (including phenoxy) is 2. The maximum Gasteiger partial charge on any atom is 0.335 e. The largest absolute Gasteiger partial charge is 0.490 e. The number of allylic oxidation sites excluding steroid dienone is 1. The van der Waals surface area contributed by atoms with E-state index in [4.69, 9.17) is 21.1 Å². The van der Waals surface area contributed by atoms with Crippen LogP contribution in [0.25, 0.3) is 0 Å². The smallest absolute Gasteiger partial charge is 0.335 e. The van der Waals surface area contributed by atoms with Crippen LogP contribution in [0.1, 0.15) is 35.3 Å². The molecule has 1 heterocycles. The van der Waals surface area contributed by atoms with Crippen LogP contribution in [-0.2, 0) is 4.79 Å². The lowest BCUT2D eigenvalue weighted by Crippen LogP contribution is -2.49. The van der Waals surface area contributed by atoms with Gasteiger partial charge in [-0.3, -0.25) is 4.79 Å². The van der Waals surface area contributed by atoms with Gasteiger partial charge in [-0.05, 0) is 67.4 Å². The standard InChI is InChI=1S/C31H32ClN3O6/c1-21-27(30(37)38)28(23-8-6-9-24(32)20-23)35(31(39)33-21)17-7-16-34(2)29(36)22-12-14-26(15-13-22)41-19-18-40-25-10-4-3-5-11-25/h3-6,8-15,20,28H,7,16-19H2,1-2H3,(H,33,39)(H,37,38). The molecule has 0 bridgehead atoms. The Morgan fingerprint density at radius 1 is 0.976 bits per heavy atom. The van der Waals surface area contributed by atoms with Crippen LogP contribution in [0.5, 0.6) is 11.5 Å². The lowest BCUT2D eigenvalue weighted by atomic mass is 9.93. The van der Waals surface area contributed by atoms with Crippen molar-refractivity contribution in [1.82, 2.24) is 15.1 Å². The van der Waals surface area contributed by atoms with Gasteiger partial charge >= 0.3 is 12.0 Å². The molecule has 9 nitrogen and oxygen atoms in total. The Labute approximate surface area is 243 Å². The quantitative estimate of drug-likeness (QED) is 0.280. The lowest BCUT2D eigenvalue weighted by molar-refractivity contribution is -0.133. The number of benzene rings is 3. The number of nitrogens with zero attached hydrogens (tertiary/aromatic N) is 2. The van der Waals surface area contributed by atoms with Crippen molar-refractivity contribution in [2.45, 2.75) is 19.4 Å². The van der Waals surface area contributed by atoms with Gasteiger partial charge in [0.15, 0.2) is 0 Å². The molecule has 214 valence electrons. The second-order valence-corrected chi connectivity index (χ2v) is 9.98. The van der Waals surface area contributed by atoms with Gasteiger partial charge in [0.05, 0.1) is 11.6 Å². The van der Waals surface area contributed by atoms with Crippen LogP contribution in [-0.4, -0.2) is 66.2 Å². The molecule has 0 radical (unpaired) electrons. The van der Waals surface area contributed by atoms with Gasteiger partial charge in [-0.1, -0.05) is 41.9 Å². The number of urea groups is 1. The number of amides is 3. The third-order valence-corrected chi connectivity index (χ3v) is 6.88. The topological polar surface area (TPSA) is 108 Å². The van der Waals surface area contributed by atoms with Gasteiger partial charge in [0.25, 0.3) is 5.91 Å². The van der Waals surface area contributed by atoms with Gasteiger partial charge < -0.3 is 29.7 Å². The van der Waals surface area contributed by atoms with Crippen molar-refractivity contribution in [3.05, 3.63) is 106 Å². The number of rotatable bonds is 12. The lowest BCUT2D eigenvalue weighted by Gasteiger charge is -2.37. The van der Waals surface area contributed by atoms with Crippen LogP contribution in [0.2, 0.25) is 5.02 Å². The van der Waals surface area contributed by atoms with Gasteiger partial charge in [0, 0.05) is 36.4 Å². The molecule has 0 saturated carbocycles. The first-order valence-electron chi connectivity index (χ1n) is 13.2. The molecule has 3 aromatic carbocycles. The molecule has 0 aromatic heterocycles. The molecule has 1 atom stereocenters. The molecule has 1 unspecified atom stereocenters. The number of aliphatic carboxylic acids is 1. The Morgan fingerprint density at radius 3 is 2.27 bits per heavy atom. The highest BCUT2D eigenvalue weighted by atomic mass is 35.5. The number of carbonyl (C=O) groups excluding carboxylic acids is 2. The number of carbonyl (C=O) groups is 3. The second kappa shape index (κ2) is 13.7. The highest BCUT2D eigenvalue weighted by Crippen LogP contribution is 2.34. The van der Waals surface area contributed by atoms with E-state index in [1.807, 2.05) is 30.3 Å². The molecule has 1 aliphatic heterocycles. The van der Waals surface area contributed by atoms with Crippen molar-refractivity contribution < 1.29 is 29.0 Å². The summed E-state index contributed by atoms with van der Waals surface area (Å²) in [6.07, 6.45) is 0.432. The Kier molecular flexibility index (Phi) is 9.86. The highest BCUT2D eigenvalue weighted by Gasteiger charge is 2.37. The minimum Gasteiger partial charge on any atom is -0.490 e. The normalized spacial score (nSPS) is 14.9. The molecular formula is C31H32ClN3O6. The zero-order valence-electron chi connectivity index (χ0n) is 22.9. The Morgan fingerprint density at radius 2 is 1.63 bits per heavy atom. The Balaban J connectivity index is 1.32. The van der Waals surface area contributed by atoms with Crippen molar-refractivity contribution in [3.8, 4) is 11.5 Å². The molecule has 0 aliphatic carbocycles. The molecular weight excluding hydrogens is 546 g/mol. The first-order valence-corrected chi connectivity index (χ1v) is 13.6. The van der Waals surface area contributed by atoms with Crippen LogP contribution < -0.4 is 14.8 Å². The van der Waals surface area contributed by atoms with Gasteiger partial charge in [0.1, 0.15) is 24.7 Å². The highest BCUT2D eigenvalue weighted by molar-refractivity contribution is 6.30. The number of halogens is 1. The minimum absolute atomic E-state index is 0.0743. The van der Waals surface area contributed by atoms with Gasteiger partial charge in [-0.2, -0.15) is 0 Å². The molecule has 3 amide bonds. The van der Waals surface area contributed by atoms with E-state index >= 15 is 0 Å². The predicted octanol–water partition coefficient (Wildman–Crippen LogP) is 5.39. The average molecular weight is 578 g/mol. The average Bonchev–Trinajstić information content (AvgIpc) is 2.96. The number of hydrogen-bond acceptors (Lipinski definition) is 5. The fourth-order valence-corrected chi connectivity index (χ4v) is 4.84. The molecule has 41 heavy (non-hydrogen) atoms. The molecule has 4 rings (SSSR count). The molecule has 0 fully saturated rings. The van der Waals surface area contributed by atoms with Crippen molar-refractivity contribution >= 4 is 29.5 Å². The van der Waals surface area contributed by atoms with Crippen LogP contribution >= 0.6 is 11.6 Å². The van der Waals surface area contributed by atoms with Crippen LogP contribution in [0.4, 0.5) is 4.79 Å². The summed E-state index contributed by atoms with van der Waals surface area (Å²) in [7, 11) is 1.69. The van der Waals surface area contributed by atoms with Gasteiger partial charge in [0.2, 0.25) is 0 Å². The summed E-state index contributed by atoms with van der Waals surface area (Å²) in [5.41, 5.74) is 1.46. The second-order valence-electron chi connectivity index (χ2n) is 9.54. The summed E-state index contributed by atoms with van der Waals surface area (Å²) in [6, 6.07) is 21.9. The third kappa shape index (κ3) is 7.58. The summed E-state index contributed by atoms with van der Waals surface area (Å²) >= 11 is 6.18. The van der Waals surface area contributed by atoms with E-state index < -0.39 is 18.0 Å². The van der Waals surface area contributed by atoms with Crippen molar-refractivity contribution in [2.24, 2.45) is 0 Å². The molecule has 10 heteroatoms. The first-order chi connectivity index (χ1) is 19.7. The van der Waals surface area contributed by atoms with Crippen molar-refractivity contribution in [1.29, 1.82) is 0 Å². The Hall–Kier alpha value is -4.50. The number of hydrogen-bond donors (Lipinski definition) is 2. The third-order valence-electron chi connectivity index (χ3n) is 6.64. The fourth-order valence-electron chi connectivity index (χ4n) is 4.64. The van der Waals surface area contributed by atoms with Crippen molar-refractivity contribution in [2.75, 3.05) is 33.4 Å². The monoisotopic (exact) mass is 577 g/mol. The van der Waals surface area contributed by atoms with Gasteiger partial charge in [-0.25, -0.2) is 9.59 Å². The van der Waals surface area contributed by atoms with E-state index in [1.165, 1.54) is 4.90 Å². The van der Waals surface area contributed by atoms with Crippen LogP contribution in [0, 0.1) is 0 Å². The maximum absolute atomic E-state index is 13.0. The van der Waals surface area contributed by atoms with Crippen LogP contribution in [0.3, 0.4) is 0 Å². The van der Waals surface area contributed by atoms with E-state index in [1.54, 1.807) is 67.4 Å².